The Morgan fingerprint density at radius 1 is 1.37 bits per heavy atom. The third kappa shape index (κ3) is 4.95. The summed E-state index contributed by atoms with van der Waals surface area (Å²) in [6.45, 7) is 2.05. The van der Waals surface area contributed by atoms with E-state index in [1.54, 1.807) is 0 Å². The molecular weight excluding hydrogens is 335 g/mol. The number of unbranched alkanes of at least 4 members (excludes halogenated alkanes) is 2. The Hall–Kier alpha value is -0.880. The lowest BCUT2D eigenvalue weighted by molar-refractivity contribution is -0.111. The Morgan fingerprint density at radius 3 is 2.63 bits per heavy atom. The van der Waals surface area contributed by atoms with E-state index in [2.05, 4.69) is 15.9 Å². The fraction of sp³-hybridized carbons (Fsp3) is 0.385. The monoisotopic (exact) mass is 348 g/mol. The maximum absolute atomic E-state index is 13.4. The number of carbonyl (C=O) groups excluding carboxylic acids is 1. The minimum Gasteiger partial charge on any atom is -0.478 e. The molecule has 104 valence electrons. The average molecular weight is 349 g/mol. The van der Waals surface area contributed by atoms with Crippen LogP contribution in [0.25, 0.3) is 0 Å². The first-order chi connectivity index (χ1) is 8.95. The van der Waals surface area contributed by atoms with Crippen LogP contribution >= 0.6 is 27.7 Å². The van der Waals surface area contributed by atoms with E-state index >= 15 is 0 Å². The van der Waals surface area contributed by atoms with Gasteiger partial charge in [-0.1, -0.05) is 31.5 Å². The number of hydrogen-bond acceptors (Lipinski definition) is 3. The molecular formula is C13H14BrFO3S. The zero-order valence-electron chi connectivity index (χ0n) is 10.4. The molecule has 3 nitrogen and oxygen atoms in total. The van der Waals surface area contributed by atoms with Crippen molar-refractivity contribution in [3.63, 3.8) is 0 Å². The number of carboxylic acids is 1. The molecule has 19 heavy (non-hydrogen) atoms. The van der Waals surface area contributed by atoms with E-state index in [9.17, 15) is 14.0 Å². The van der Waals surface area contributed by atoms with Gasteiger partial charge in [-0.05, 0) is 34.5 Å². The first-order valence-corrected chi connectivity index (χ1v) is 7.49. The van der Waals surface area contributed by atoms with Crippen LogP contribution in [-0.4, -0.2) is 16.2 Å². The van der Waals surface area contributed by atoms with Gasteiger partial charge in [-0.15, -0.1) is 0 Å². The minimum atomic E-state index is -1.34. The van der Waals surface area contributed by atoms with E-state index in [0.29, 0.717) is 15.8 Å². The molecule has 1 aromatic carbocycles. The van der Waals surface area contributed by atoms with Crippen molar-refractivity contribution in [2.24, 2.45) is 0 Å². The molecule has 0 unspecified atom stereocenters. The normalized spacial score (nSPS) is 10.5. The molecule has 1 rings (SSSR count). The van der Waals surface area contributed by atoms with Gasteiger partial charge in [-0.2, -0.15) is 0 Å². The summed E-state index contributed by atoms with van der Waals surface area (Å²) in [5, 5.41) is 8.79. The molecule has 0 amide bonds. The van der Waals surface area contributed by atoms with Crippen LogP contribution in [0.2, 0.25) is 0 Å². The van der Waals surface area contributed by atoms with Crippen LogP contribution in [0, 0.1) is 5.82 Å². The summed E-state index contributed by atoms with van der Waals surface area (Å²) in [5.41, 5.74) is -0.424. The summed E-state index contributed by atoms with van der Waals surface area (Å²) in [5.74, 6) is -2.16. The highest BCUT2D eigenvalue weighted by Crippen LogP contribution is 2.31. The SMILES string of the molecule is CCCCCC(=O)Sc1cc(C(=O)O)c(F)cc1Br. The van der Waals surface area contributed by atoms with Crippen LogP contribution < -0.4 is 0 Å². The summed E-state index contributed by atoms with van der Waals surface area (Å²) in [6.07, 6.45) is 3.26. The fourth-order valence-electron chi connectivity index (χ4n) is 1.46. The third-order valence-electron chi connectivity index (χ3n) is 2.46. The Bertz CT molecular complexity index is 491. The number of aromatic carboxylic acids is 1. The molecule has 1 N–H and O–H groups in total. The van der Waals surface area contributed by atoms with Crippen LogP contribution in [0.5, 0.6) is 0 Å². The van der Waals surface area contributed by atoms with E-state index in [4.69, 9.17) is 5.11 Å². The largest absolute Gasteiger partial charge is 0.478 e. The lowest BCUT2D eigenvalue weighted by atomic mass is 10.2. The van der Waals surface area contributed by atoms with Crippen LogP contribution in [-0.2, 0) is 4.79 Å². The van der Waals surface area contributed by atoms with Crippen molar-refractivity contribution in [2.45, 2.75) is 37.5 Å². The number of carbonyl (C=O) groups is 2. The van der Waals surface area contributed by atoms with E-state index in [0.717, 1.165) is 37.1 Å². The van der Waals surface area contributed by atoms with Crippen LogP contribution in [0.15, 0.2) is 21.5 Å². The van der Waals surface area contributed by atoms with Gasteiger partial charge in [-0.3, -0.25) is 4.79 Å². The standard InChI is InChI=1S/C13H14BrFO3S/c1-2-3-4-5-12(16)19-11-6-8(13(17)18)10(15)7-9(11)14/h6-7H,2-5H2,1H3,(H,17,18). The van der Waals surface area contributed by atoms with Gasteiger partial charge in [0.05, 0.1) is 5.56 Å². The molecule has 0 aliphatic heterocycles. The van der Waals surface area contributed by atoms with Crippen molar-refractivity contribution in [1.82, 2.24) is 0 Å². The van der Waals surface area contributed by atoms with Crippen molar-refractivity contribution in [1.29, 1.82) is 0 Å². The summed E-state index contributed by atoms with van der Waals surface area (Å²) in [6, 6.07) is 2.26. The second-order valence-corrected chi connectivity index (χ2v) is 5.95. The molecule has 0 bridgehead atoms. The predicted octanol–water partition coefficient (Wildman–Crippen LogP) is 4.49. The van der Waals surface area contributed by atoms with Gasteiger partial charge in [0.15, 0.2) is 5.12 Å². The molecule has 0 saturated carbocycles. The summed E-state index contributed by atoms with van der Waals surface area (Å²) in [4.78, 5) is 23.0. The zero-order valence-corrected chi connectivity index (χ0v) is 12.8. The molecule has 0 spiro atoms. The number of thioether (sulfide) groups is 1. The highest BCUT2D eigenvalue weighted by molar-refractivity contribution is 9.10. The summed E-state index contributed by atoms with van der Waals surface area (Å²) >= 11 is 4.08. The average Bonchev–Trinajstić information content (AvgIpc) is 2.32. The Morgan fingerprint density at radius 2 is 2.05 bits per heavy atom. The predicted molar refractivity (Wildman–Crippen MR) is 76.1 cm³/mol. The zero-order chi connectivity index (χ0) is 14.4. The van der Waals surface area contributed by atoms with Crippen LogP contribution in [0.1, 0.15) is 43.0 Å². The number of rotatable bonds is 6. The van der Waals surface area contributed by atoms with Crippen molar-refractivity contribution in [3.05, 3.63) is 28.0 Å². The number of benzene rings is 1. The van der Waals surface area contributed by atoms with Gasteiger partial charge in [0.2, 0.25) is 0 Å². The molecule has 1 aromatic rings. The molecule has 0 fully saturated rings. The first kappa shape index (κ1) is 16.2. The molecule has 0 aromatic heterocycles. The molecule has 0 aliphatic rings. The lowest BCUT2D eigenvalue weighted by Gasteiger charge is -2.06. The molecule has 6 heteroatoms. The number of hydrogen-bond donors (Lipinski definition) is 1. The van der Waals surface area contributed by atoms with Crippen LogP contribution in [0.3, 0.4) is 0 Å². The molecule has 0 radical (unpaired) electrons. The molecule has 0 atom stereocenters. The van der Waals surface area contributed by atoms with Crippen molar-refractivity contribution in [2.75, 3.05) is 0 Å². The van der Waals surface area contributed by atoms with Crippen molar-refractivity contribution in [3.8, 4) is 0 Å². The van der Waals surface area contributed by atoms with Gasteiger partial charge in [0, 0.05) is 15.8 Å². The Balaban J connectivity index is 2.80. The smallest absolute Gasteiger partial charge is 0.338 e. The Labute approximate surface area is 123 Å². The van der Waals surface area contributed by atoms with E-state index in [1.807, 2.05) is 6.92 Å². The van der Waals surface area contributed by atoms with Crippen molar-refractivity contribution < 1.29 is 19.1 Å². The maximum atomic E-state index is 13.4. The highest BCUT2D eigenvalue weighted by atomic mass is 79.9. The molecule has 0 heterocycles. The summed E-state index contributed by atoms with van der Waals surface area (Å²) in [7, 11) is 0. The van der Waals surface area contributed by atoms with Crippen LogP contribution in [0.4, 0.5) is 4.39 Å². The Kier molecular flexibility index (Phi) is 6.51. The third-order valence-corrected chi connectivity index (χ3v) is 4.37. The minimum absolute atomic E-state index is 0.0444. The topological polar surface area (TPSA) is 54.4 Å². The van der Waals surface area contributed by atoms with E-state index in [-0.39, 0.29) is 5.12 Å². The quantitative estimate of drug-likeness (QED) is 0.608. The maximum Gasteiger partial charge on any atom is 0.338 e. The van der Waals surface area contributed by atoms with Crippen molar-refractivity contribution >= 4 is 38.8 Å². The molecule has 0 saturated heterocycles. The second kappa shape index (κ2) is 7.65. The van der Waals surface area contributed by atoms with Gasteiger partial charge in [-0.25, -0.2) is 9.18 Å². The van der Waals surface area contributed by atoms with E-state index < -0.39 is 17.3 Å². The summed E-state index contributed by atoms with van der Waals surface area (Å²) < 4.78 is 13.8. The first-order valence-electron chi connectivity index (χ1n) is 5.88. The second-order valence-electron chi connectivity index (χ2n) is 4.00. The van der Waals surface area contributed by atoms with Gasteiger partial charge in [0.1, 0.15) is 5.82 Å². The van der Waals surface area contributed by atoms with Gasteiger partial charge < -0.3 is 5.11 Å². The lowest BCUT2D eigenvalue weighted by Crippen LogP contribution is -2.02. The number of carboxylic acid groups (broad SMARTS) is 1. The fourth-order valence-corrected chi connectivity index (χ4v) is 2.85. The van der Waals surface area contributed by atoms with E-state index in [1.165, 1.54) is 6.07 Å². The number of halogens is 2. The van der Waals surface area contributed by atoms with Gasteiger partial charge in [0.25, 0.3) is 0 Å². The van der Waals surface area contributed by atoms with Gasteiger partial charge >= 0.3 is 5.97 Å². The molecule has 0 aliphatic carbocycles. The highest BCUT2D eigenvalue weighted by Gasteiger charge is 2.16.